The summed E-state index contributed by atoms with van der Waals surface area (Å²) in [6.45, 7) is 7.15. The predicted octanol–water partition coefficient (Wildman–Crippen LogP) is 4.39. The lowest BCUT2D eigenvalue weighted by atomic mass is 9.61. The van der Waals surface area contributed by atoms with Crippen LogP contribution < -0.4 is 0 Å². The number of rotatable bonds is 4. The summed E-state index contributed by atoms with van der Waals surface area (Å²) < 4.78 is 0. The fraction of sp³-hybridized carbons (Fsp3) is 1.00. The van der Waals surface area contributed by atoms with E-state index in [2.05, 4.69) is 20.8 Å². The van der Waals surface area contributed by atoms with Crippen LogP contribution in [0.5, 0.6) is 0 Å². The van der Waals surface area contributed by atoms with Gasteiger partial charge in [-0.2, -0.15) is 0 Å². The molecule has 0 aliphatic heterocycles. The Kier molecular flexibility index (Phi) is 4.18. The van der Waals surface area contributed by atoms with Gasteiger partial charge >= 0.3 is 0 Å². The number of aliphatic hydroxyl groups is 1. The smallest absolute Gasteiger partial charge is 0.0573 e. The molecule has 0 aromatic rings. The molecule has 1 heteroatoms. The van der Waals surface area contributed by atoms with Gasteiger partial charge in [-0.25, -0.2) is 0 Å². The minimum atomic E-state index is -0.00196. The molecule has 0 heterocycles. The SMILES string of the molecule is CCC[C@@H](CC)[C@H]1CC[C@H]2[C@@H](O)CCC[C@]12C. The van der Waals surface area contributed by atoms with Crippen LogP contribution in [0.3, 0.4) is 0 Å². The normalized spacial score (nSPS) is 43.4. The van der Waals surface area contributed by atoms with Crippen LogP contribution in [0.15, 0.2) is 0 Å². The Bertz CT molecular complexity index is 250. The topological polar surface area (TPSA) is 20.2 Å². The molecule has 0 spiro atoms. The van der Waals surface area contributed by atoms with Gasteiger partial charge < -0.3 is 5.11 Å². The second-order valence-electron chi connectivity index (χ2n) is 6.71. The van der Waals surface area contributed by atoms with E-state index in [4.69, 9.17) is 0 Å². The molecule has 2 fully saturated rings. The van der Waals surface area contributed by atoms with Crippen molar-refractivity contribution in [3.05, 3.63) is 0 Å². The van der Waals surface area contributed by atoms with Gasteiger partial charge in [-0.15, -0.1) is 0 Å². The maximum Gasteiger partial charge on any atom is 0.0573 e. The summed E-state index contributed by atoms with van der Waals surface area (Å²) >= 11 is 0. The highest BCUT2D eigenvalue weighted by atomic mass is 16.3. The van der Waals surface area contributed by atoms with Crippen LogP contribution >= 0.6 is 0 Å². The van der Waals surface area contributed by atoms with Crippen LogP contribution in [0.1, 0.15) is 72.1 Å². The number of aliphatic hydroxyl groups excluding tert-OH is 1. The highest BCUT2D eigenvalue weighted by Gasteiger charge is 2.52. The molecule has 2 aliphatic carbocycles. The maximum atomic E-state index is 10.2. The minimum Gasteiger partial charge on any atom is -0.393 e. The zero-order valence-electron chi connectivity index (χ0n) is 11.9. The zero-order valence-corrected chi connectivity index (χ0v) is 11.9. The van der Waals surface area contributed by atoms with Gasteiger partial charge in [0.2, 0.25) is 0 Å². The van der Waals surface area contributed by atoms with Crippen molar-refractivity contribution in [1.82, 2.24) is 0 Å². The Morgan fingerprint density at radius 2 is 2.00 bits per heavy atom. The molecule has 2 saturated carbocycles. The molecule has 100 valence electrons. The molecule has 0 radical (unpaired) electrons. The molecule has 1 nitrogen and oxygen atoms in total. The van der Waals surface area contributed by atoms with Gasteiger partial charge in [0.1, 0.15) is 0 Å². The van der Waals surface area contributed by atoms with Crippen molar-refractivity contribution in [3.8, 4) is 0 Å². The molecule has 0 saturated heterocycles. The largest absolute Gasteiger partial charge is 0.393 e. The molecule has 0 bridgehead atoms. The van der Waals surface area contributed by atoms with Gasteiger partial charge in [0, 0.05) is 0 Å². The molecule has 0 aromatic carbocycles. The molecule has 17 heavy (non-hydrogen) atoms. The summed E-state index contributed by atoms with van der Waals surface area (Å²) in [6.07, 6.45) is 10.3. The molecule has 5 atom stereocenters. The Morgan fingerprint density at radius 3 is 2.65 bits per heavy atom. The quantitative estimate of drug-likeness (QED) is 0.770. The van der Waals surface area contributed by atoms with Crippen LogP contribution in [0.25, 0.3) is 0 Å². The first kappa shape index (κ1) is 13.4. The second-order valence-corrected chi connectivity index (χ2v) is 6.71. The van der Waals surface area contributed by atoms with Gasteiger partial charge in [0.25, 0.3) is 0 Å². The van der Waals surface area contributed by atoms with E-state index >= 15 is 0 Å². The first-order valence-electron chi connectivity index (χ1n) is 7.81. The van der Waals surface area contributed by atoms with E-state index < -0.39 is 0 Å². The zero-order chi connectivity index (χ0) is 12.5. The van der Waals surface area contributed by atoms with Crippen molar-refractivity contribution in [2.24, 2.45) is 23.2 Å². The fourth-order valence-electron chi connectivity index (χ4n) is 5.02. The fourth-order valence-corrected chi connectivity index (χ4v) is 5.02. The Morgan fingerprint density at radius 1 is 1.24 bits per heavy atom. The van der Waals surface area contributed by atoms with Crippen molar-refractivity contribution >= 4 is 0 Å². The molecule has 0 amide bonds. The van der Waals surface area contributed by atoms with Crippen LogP contribution in [-0.2, 0) is 0 Å². The number of fused-ring (bicyclic) bond motifs is 1. The monoisotopic (exact) mass is 238 g/mol. The molecule has 1 N–H and O–H groups in total. The minimum absolute atomic E-state index is 0.00196. The average Bonchev–Trinajstić information content (AvgIpc) is 2.65. The Labute approximate surface area is 107 Å². The number of hydrogen-bond donors (Lipinski definition) is 1. The molecular weight excluding hydrogens is 208 g/mol. The van der Waals surface area contributed by atoms with Crippen LogP contribution in [0, 0.1) is 23.2 Å². The third-order valence-electron chi connectivity index (χ3n) is 5.92. The standard InChI is InChI=1S/C16H30O/c1-4-7-12(5-2)13-9-10-14-15(17)8-6-11-16(13,14)3/h12-15,17H,4-11H2,1-3H3/t12-,13-,14+,15+,16-/m1/s1. The Hall–Kier alpha value is -0.0400. The van der Waals surface area contributed by atoms with Gasteiger partial charge in [-0.1, -0.05) is 46.5 Å². The Balaban J connectivity index is 2.14. The van der Waals surface area contributed by atoms with E-state index in [1.54, 1.807) is 0 Å². The predicted molar refractivity (Wildman–Crippen MR) is 72.9 cm³/mol. The van der Waals surface area contributed by atoms with Crippen LogP contribution in [0.4, 0.5) is 0 Å². The van der Waals surface area contributed by atoms with Crippen molar-refractivity contribution in [2.45, 2.75) is 78.2 Å². The van der Waals surface area contributed by atoms with E-state index in [9.17, 15) is 5.11 Å². The van der Waals surface area contributed by atoms with Crippen molar-refractivity contribution in [2.75, 3.05) is 0 Å². The van der Waals surface area contributed by atoms with Crippen molar-refractivity contribution in [3.63, 3.8) is 0 Å². The van der Waals surface area contributed by atoms with E-state index in [1.807, 2.05) is 0 Å². The lowest BCUT2D eigenvalue weighted by molar-refractivity contribution is -0.0298. The summed E-state index contributed by atoms with van der Waals surface area (Å²) in [5.41, 5.74) is 0.452. The summed E-state index contributed by atoms with van der Waals surface area (Å²) in [6, 6.07) is 0. The molecule has 2 rings (SSSR count). The summed E-state index contributed by atoms with van der Waals surface area (Å²) in [7, 11) is 0. The first-order valence-corrected chi connectivity index (χ1v) is 7.81. The number of hydrogen-bond acceptors (Lipinski definition) is 1. The van der Waals surface area contributed by atoms with E-state index in [0.29, 0.717) is 11.3 Å². The van der Waals surface area contributed by atoms with Gasteiger partial charge in [0.05, 0.1) is 6.10 Å². The lowest BCUT2D eigenvalue weighted by Crippen LogP contribution is -2.41. The van der Waals surface area contributed by atoms with Crippen LogP contribution in [0.2, 0.25) is 0 Å². The first-order chi connectivity index (χ1) is 8.13. The molecule has 0 unspecified atom stereocenters. The van der Waals surface area contributed by atoms with Crippen molar-refractivity contribution < 1.29 is 5.11 Å². The molecular formula is C16H30O. The third kappa shape index (κ3) is 2.28. The molecule has 2 aliphatic rings. The third-order valence-corrected chi connectivity index (χ3v) is 5.92. The van der Waals surface area contributed by atoms with Gasteiger partial charge in [-0.3, -0.25) is 0 Å². The van der Waals surface area contributed by atoms with Gasteiger partial charge in [-0.05, 0) is 48.9 Å². The van der Waals surface area contributed by atoms with E-state index in [-0.39, 0.29) is 6.10 Å². The molecule has 0 aromatic heterocycles. The maximum absolute atomic E-state index is 10.2. The summed E-state index contributed by atoms with van der Waals surface area (Å²) in [5.74, 6) is 2.39. The van der Waals surface area contributed by atoms with Crippen molar-refractivity contribution in [1.29, 1.82) is 0 Å². The lowest BCUT2D eigenvalue weighted by Gasteiger charge is -2.45. The summed E-state index contributed by atoms with van der Waals surface area (Å²) in [4.78, 5) is 0. The second kappa shape index (κ2) is 5.30. The summed E-state index contributed by atoms with van der Waals surface area (Å²) in [5, 5.41) is 10.2. The van der Waals surface area contributed by atoms with Crippen LogP contribution in [-0.4, -0.2) is 11.2 Å². The highest BCUT2D eigenvalue weighted by Crippen LogP contribution is 2.58. The average molecular weight is 238 g/mol. The van der Waals surface area contributed by atoms with Gasteiger partial charge in [0.15, 0.2) is 0 Å². The van der Waals surface area contributed by atoms with E-state index in [0.717, 1.165) is 18.3 Å². The van der Waals surface area contributed by atoms with E-state index in [1.165, 1.54) is 44.9 Å². The highest BCUT2D eigenvalue weighted by molar-refractivity contribution is 5.01.